The summed E-state index contributed by atoms with van der Waals surface area (Å²) in [5.41, 5.74) is 4.54. The van der Waals surface area contributed by atoms with Crippen molar-refractivity contribution in [3.8, 4) is 28.6 Å². The van der Waals surface area contributed by atoms with Crippen molar-refractivity contribution in [2.45, 2.75) is 13.8 Å². The van der Waals surface area contributed by atoms with Crippen LogP contribution in [0.5, 0.6) is 5.75 Å². The van der Waals surface area contributed by atoms with Crippen LogP contribution in [0.2, 0.25) is 0 Å². The molecule has 4 rings (SSSR count). The molecule has 1 aromatic heterocycles. The monoisotopic (exact) mass is 399 g/mol. The van der Waals surface area contributed by atoms with E-state index in [0.717, 1.165) is 27.9 Å². The van der Waals surface area contributed by atoms with Gasteiger partial charge in [0.15, 0.2) is 6.61 Å². The predicted octanol–water partition coefficient (Wildman–Crippen LogP) is 5.04. The van der Waals surface area contributed by atoms with Gasteiger partial charge in [-0.3, -0.25) is 4.79 Å². The number of nitrogens with zero attached hydrogens (tertiary/aromatic N) is 2. The van der Waals surface area contributed by atoms with Crippen LogP contribution in [0.15, 0.2) is 77.3 Å². The molecule has 0 spiro atoms. The highest BCUT2D eigenvalue weighted by Gasteiger charge is 2.12. The second-order valence-electron chi connectivity index (χ2n) is 7.03. The fourth-order valence-corrected chi connectivity index (χ4v) is 3.16. The van der Waals surface area contributed by atoms with Gasteiger partial charge in [0, 0.05) is 16.8 Å². The van der Waals surface area contributed by atoms with Crippen molar-refractivity contribution < 1.29 is 14.1 Å². The summed E-state index contributed by atoms with van der Waals surface area (Å²) < 4.78 is 11.0. The zero-order chi connectivity index (χ0) is 20.9. The molecule has 150 valence electrons. The van der Waals surface area contributed by atoms with Gasteiger partial charge in [-0.05, 0) is 55.3 Å². The van der Waals surface area contributed by atoms with Gasteiger partial charge < -0.3 is 14.6 Å². The summed E-state index contributed by atoms with van der Waals surface area (Å²) in [7, 11) is 0. The van der Waals surface area contributed by atoms with E-state index < -0.39 is 0 Å². The van der Waals surface area contributed by atoms with E-state index in [1.807, 2.05) is 68.4 Å². The molecule has 6 nitrogen and oxygen atoms in total. The Morgan fingerprint density at radius 2 is 1.67 bits per heavy atom. The molecule has 0 aliphatic carbocycles. The van der Waals surface area contributed by atoms with Crippen molar-refractivity contribution in [2.75, 3.05) is 11.9 Å². The van der Waals surface area contributed by atoms with Crippen molar-refractivity contribution in [1.82, 2.24) is 10.1 Å². The molecular weight excluding hydrogens is 378 g/mol. The number of nitrogens with one attached hydrogen (secondary N) is 1. The van der Waals surface area contributed by atoms with E-state index >= 15 is 0 Å². The molecule has 6 heteroatoms. The smallest absolute Gasteiger partial charge is 0.262 e. The molecule has 0 aliphatic heterocycles. The highest BCUT2D eigenvalue weighted by molar-refractivity contribution is 5.92. The van der Waals surface area contributed by atoms with Crippen LogP contribution in [0, 0.1) is 13.8 Å². The number of aromatic nitrogens is 2. The summed E-state index contributed by atoms with van der Waals surface area (Å²) in [6.45, 7) is 3.88. The standard InChI is InChI=1S/C24H21N3O3/c1-16-11-17(2)13-20(12-16)25-22(28)15-29-21-10-6-9-19(14-21)24-26-23(27-30-24)18-7-4-3-5-8-18/h3-14H,15H2,1-2H3,(H,25,28). The summed E-state index contributed by atoms with van der Waals surface area (Å²) in [5.74, 6) is 1.22. The number of aryl methyl sites for hydroxylation is 2. The Balaban J connectivity index is 1.41. The molecule has 4 aromatic rings. The van der Waals surface area contributed by atoms with Gasteiger partial charge in [0.1, 0.15) is 5.75 Å². The molecule has 1 amide bonds. The molecule has 3 aromatic carbocycles. The van der Waals surface area contributed by atoms with E-state index in [9.17, 15) is 4.79 Å². The SMILES string of the molecule is Cc1cc(C)cc(NC(=O)COc2cccc(-c3nc(-c4ccccc4)no3)c2)c1. The fraction of sp³-hybridized carbons (Fsp3) is 0.125. The van der Waals surface area contributed by atoms with Gasteiger partial charge >= 0.3 is 0 Å². The number of amides is 1. The molecular formula is C24H21N3O3. The van der Waals surface area contributed by atoms with Crippen molar-refractivity contribution in [1.29, 1.82) is 0 Å². The minimum absolute atomic E-state index is 0.102. The number of carbonyl (C=O) groups is 1. The lowest BCUT2D eigenvalue weighted by atomic mass is 10.1. The maximum atomic E-state index is 12.2. The Labute approximate surface area is 174 Å². The van der Waals surface area contributed by atoms with E-state index in [2.05, 4.69) is 21.5 Å². The second kappa shape index (κ2) is 8.61. The summed E-state index contributed by atoms with van der Waals surface area (Å²) in [4.78, 5) is 16.7. The minimum atomic E-state index is -0.227. The molecule has 0 fully saturated rings. The predicted molar refractivity (Wildman–Crippen MR) is 115 cm³/mol. The van der Waals surface area contributed by atoms with Crippen molar-refractivity contribution in [2.24, 2.45) is 0 Å². The van der Waals surface area contributed by atoms with Crippen LogP contribution >= 0.6 is 0 Å². The third-order valence-electron chi connectivity index (χ3n) is 4.41. The Morgan fingerprint density at radius 3 is 2.43 bits per heavy atom. The van der Waals surface area contributed by atoms with Crippen LogP contribution in [0.25, 0.3) is 22.8 Å². The number of hydrogen-bond donors (Lipinski definition) is 1. The van der Waals surface area contributed by atoms with Crippen molar-refractivity contribution in [3.05, 3.63) is 83.9 Å². The van der Waals surface area contributed by atoms with Gasteiger partial charge in [-0.2, -0.15) is 4.98 Å². The van der Waals surface area contributed by atoms with Gasteiger partial charge in [0.25, 0.3) is 11.8 Å². The number of ether oxygens (including phenoxy) is 1. The zero-order valence-corrected chi connectivity index (χ0v) is 16.8. The molecule has 0 aliphatic rings. The van der Waals surface area contributed by atoms with Crippen LogP contribution in [-0.4, -0.2) is 22.7 Å². The molecule has 0 radical (unpaired) electrons. The van der Waals surface area contributed by atoms with E-state index in [0.29, 0.717) is 17.5 Å². The Kier molecular flexibility index (Phi) is 5.57. The largest absolute Gasteiger partial charge is 0.484 e. The Morgan fingerprint density at radius 1 is 0.933 bits per heavy atom. The average Bonchev–Trinajstić information content (AvgIpc) is 3.23. The molecule has 0 saturated heterocycles. The molecule has 0 bridgehead atoms. The van der Waals surface area contributed by atoms with Crippen LogP contribution < -0.4 is 10.1 Å². The van der Waals surface area contributed by atoms with Gasteiger partial charge in [0.2, 0.25) is 5.82 Å². The van der Waals surface area contributed by atoms with Gasteiger partial charge in [-0.1, -0.05) is 47.6 Å². The molecule has 0 atom stereocenters. The van der Waals surface area contributed by atoms with E-state index in [-0.39, 0.29) is 12.5 Å². The highest BCUT2D eigenvalue weighted by Crippen LogP contribution is 2.25. The Hall–Kier alpha value is -3.93. The number of hydrogen-bond acceptors (Lipinski definition) is 5. The first-order chi connectivity index (χ1) is 14.6. The van der Waals surface area contributed by atoms with Crippen molar-refractivity contribution in [3.63, 3.8) is 0 Å². The summed E-state index contributed by atoms with van der Waals surface area (Å²) in [6, 6.07) is 22.7. The number of benzene rings is 3. The lowest BCUT2D eigenvalue weighted by Crippen LogP contribution is -2.20. The second-order valence-corrected chi connectivity index (χ2v) is 7.03. The summed E-state index contributed by atoms with van der Waals surface area (Å²) >= 11 is 0. The molecule has 0 saturated carbocycles. The molecule has 30 heavy (non-hydrogen) atoms. The highest BCUT2D eigenvalue weighted by atomic mass is 16.5. The minimum Gasteiger partial charge on any atom is -0.484 e. The number of carbonyl (C=O) groups excluding carboxylic acids is 1. The van der Waals surface area contributed by atoms with Crippen LogP contribution in [0.1, 0.15) is 11.1 Å². The van der Waals surface area contributed by atoms with Gasteiger partial charge in [-0.25, -0.2) is 0 Å². The lowest BCUT2D eigenvalue weighted by Gasteiger charge is -2.09. The van der Waals surface area contributed by atoms with Gasteiger partial charge in [0.05, 0.1) is 0 Å². The van der Waals surface area contributed by atoms with E-state index in [1.165, 1.54) is 0 Å². The maximum absolute atomic E-state index is 12.2. The van der Waals surface area contributed by atoms with Crippen molar-refractivity contribution >= 4 is 11.6 Å². The van der Waals surface area contributed by atoms with Crippen LogP contribution in [-0.2, 0) is 4.79 Å². The van der Waals surface area contributed by atoms with E-state index in [1.54, 1.807) is 12.1 Å². The quantitative estimate of drug-likeness (QED) is 0.492. The average molecular weight is 399 g/mol. The first-order valence-corrected chi connectivity index (χ1v) is 9.57. The number of anilines is 1. The topological polar surface area (TPSA) is 77.2 Å². The van der Waals surface area contributed by atoms with E-state index in [4.69, 9.17) is 9.26 Å². The molecule has 0 unspecified atom stereocenters. The molecule has 1 heterocycles. The first kappa shape index (κ1) is 19.4. The summed E-state index contributed by atoms with van der Waals surface area (Å²) in [6.07, 6.45) is 0. The summed E-state index contributed by atoms with van der Waals surface area (Å²) in [5, 5.41) is 6.89. The van der Waals surface area contributed by atoms with Gasteiger partial charge in [-0.15, -0.1) is 0 Å². The fourth-order valence-electron chi connectivity index (χ4n) is 3.16. The zero-order valence-electron chi connectivity index (χ0n) is 16.8. The Bertz CT molecular complexity index is 1150. The first-order valence-electron chi connectivity index (χ1n) is 9.57. The van der Waals surface area contributed by atoms with Crippen LogP contribution in [0.4, 0.5) is 5.69 Å². The lowest BCUT2D eigenvalue weighted by molar-refractivity contribution is -0.118. The maximum Gasteiger partial charge on any atom is 0.262 e. The normalized spacial score (nSPS) is 10.6. The van der Waals surface area contributed by atoms with Crippen LogP contribution in [0.3, 0.4) is 0 Å². The third-order valence-corrected chi connectivity index (χ3v) is 4.41. The third kappa shape index (κ3) is 4.72. The number of rotatable bonds is 6. The molecule has 1 N–H and O–H groups in total.